The van der Waals surface area contributed by atoms with Crippen molar-refractivity contribution in [1.29, 1.82) is 0 Å². The van der Waals surface area contributed by atoms with Gasteiger partial charge in [-0.3, -0.25) is 14.4 Å². The van der Waals surface area contributed by atoms with E-state index in [1.165, 1.54) is 35.0 Å². The molecule has 0 spiro atoms. The lowest BCUT2D eigenvalue weighted by atomic mass is 9.90. The Balaban J connectivity index is 1.67. The third kappa shape index (κ3) is 10.3. The molecule has 0 radical (unpaired) electrons. The number of hydrogen-bond acceptors (Lipinski definition) is 14. The van der Waals surface area contributed by atoms with Gasteiger partial charge in [0.05, 0.1) is 12.7 Å². The number of hydrogen-bond donors (Lipinski definition) is 0. The molecule has 2 fully saturated rings. The second-order valence-corrected chi connectivity index (χ2v) is 11.7. The molecule has 2 saturated heterocycles. The van der Waals surface area contributed by atoms with Gasteiger partial charge in [-0.05, 0) is 11.1 Å². The van der Waals surface area contributed by atoms with Crippen molar-refractivity contribution in [2.45, 2.75) is 96.2 Å². The van der Waals surface area contributed by atoms with Gasteiger partial charge in [-0.25, -0.2) is 4.79 Å². The Hall–Kier alpha value is -3.92. The maximum atomic E-state index is 13.4. The molecule has 2 aromatic rings. The van der Waals surface area contributed by atoms with Crippen molar-refractivity contribution in [1.82, 2.24) is 0 Å². The minimum absolute atomic E-state index is 0.0105. The smallest absolute Gasteiger partial charge is 0.336 e. The predicted molar refractivity (Wildman–Crippen MR) is 168 cm³/mol. The Morgan fingerprint density at radius 2 is 1.22 bits per heavy atom. The Bertz CT molecular complexity index is 1370. The summed E-state index contributed by atoms with van der Waals surface area (Å²) in [6.45, 7) is 4.98. The van der Waals surface area contributed by atoms with E-state index in [1.54, 1.807) is 6.92 Å². The largest absolute Gasteiger partial charge is 0.463 e. The standard InChI is InChI=1S/C35H44O14/c1-20-27(40-5)31(41-6)34(48-28(20)33(39)44-18-25-15-11-8-12-16-25)49-29-26(19-42-21(2)36)47-35(46-23(4)38)32(30(29)45-22(3)37)43-17-24-13-9-7-10-14-24/h7-16,20,26-32,34-35H,17-19H2,1-6H3/t20-,26?,27?,28?,29+,30?,31+,32?,34-,35+/m0/s1. The van der Waals surface area contributed by atoms with Crippen LogP contribution in [-0.2, 0) is 79.8 Å². The molecule has 5 unspecified atom stereocenters. The van der Waals surface area contributed by atoms with Crippen LogP contribution in [0.4, 0.5) is 0 Å². The molecule has 268 valence electrons. The highest BCUT2D eigenvalue weighted by molar-refractivity contribution is 5.75. The van der Waals surface area contributed by atoms with Gasteiger partial charge >= 0.3 is 23.9 Å². The Kier molecular flexibility index (Phi) is 14.1. The average Bonchev–Trinajstić information content (AvgIpc) is 3.07. The number of esters is 4. The summed E-state index contributed by atoms with van der Waals surface area (Å²) in [6.07, 6.45) is -10.5. The highest BCUT2D eigenvalue weighted by Gasteiger charge is 2.55. The zero-order valence-corrected chi connectivity index (χ0v) is 28.4. The lowest BCUT2D eigenvalue weighted by Crippen LogP contribution is -2.65. The van der Waals surface area contributed by atoms with Crippen molar-refractivity contribution >= 4 is 23.9 Å². The average molecular weight is 689 g/mol. The number of ether oxygens (including phenoxy) is 10. The van der Waals surface area contributed by atoms with E-state index in [-0.39, 0.29) is 13.2 Å². The van der Waals surface area contributed by atoms with Gasteiger partial charge in [0.1, 0.15) is 31.5 Å². The van der Waals surface area contributed by atoms with Gasteiger partial charge in [-0.15, -0.1) is 0 Å². The van der Waals surface area contributed by atoms with Crippen molar-refractivity contribution in [2.24, 2.45) is 5.92 Å². The highest BCUT2D eigenvalue weighted by atomic mass is 16.8. The third-order valence-electron chi connectivity index (χ3n) is 8.07. The maximum absolute atomic E-state index is 13.4. The fourth-order valence-corrected chi connectivity index (χ4v) is 5.82. The number of rotatable bonds is 14. The molecular weight excluding hydrogens is 644 g/mol. The van der Waals surface area contributed by atoms with Crippen LogP contribution in [-0.4, -0.2) is 100 Å². The summed E-state index contributed by atoms with van der Waals surface area (Å²) >= 11 is 0. The molecule has 0 aromatic heterocycles. The molecule has 10 atom stereocenters. The molecule has 49 heavy (non-hydrogen) atoms. The van der Waals surface area contributed by atoms with Crippen LogP contribution in [0.5, 0.6) is 0 Å². The van der Waals surface area contributed by atoms with Gasteiger partial charge in [0.25, 0.3) is 0 Å². The normalized spacial score (nSPS) is 29.8. The van der Waals surface area contributed by atoms with E-state index >= 15 is 0 Å². The molecule has 14 nitrogen and oxygen atoms in total. The van der Waals surface area contributed by atoms with Gasteiger partial charge in [0.15, 0.2) is 24.6 Å². The van der Waals surface area contributed by atoms with Crippen molar-refractivity contribution in [3.63, 3.8) is 0 Å². The summed E-state index contributed by atoms with van der Waals surface area (Å²) in [7, 11) is 2.89. The quantitative estimate of drug-likeness (QED) is 0.211. The molecule has 14 heteroatoms. The fourth-order valence-electron chi connectivity index (χ4n) is 5.82. The van der Waals surface area contributed by atoms with E-state index in [4.69, 9.17) is 47.4 Å². The van der Waals surface area contributed by atoms with Gasteiger partial charge in [-0.2, -0.15) is 0 Å². The Labute approximate surface area is 285 Å². The van der Waals surface area contributed by atoms with E-state index in [0.29, 0.717) is 0 Å². The number of carbonyl (C=O) groups is 4. The minimum Gasteiger partial charge on any atom is -0.463 e. The molecule has 2 heterocycles. The first-order valence-electron chi connectivity index (χ1n) is 15.9. The van der Waals surface area contributed by atoms with E-state index in [1.807, 2.05) is 60.7 Å². The molecule has 2 aliphatic rings. The van der Waals surface area contributed by atoms with Gasteiger partial charge in [-0.1, -0.05) is 67.6 Å². The highest BCUT2D eigenvalue weighted by Crippen LogP contribution is 2.36. The van der Waals surface area contributed by atoms with Crippen LogP contribution in [0.2, 0.25) is 0 Å². The summed E-state index contributed by atoms with van der Waals surface area (Å²) in [6, 6.07) is 18.3. The van der Waals surface area contributed by atoms with E-state index in [0.717, 1.165) is 11.1 Å². The van der Waals surface area contributed by atoms with Crippen LogP contribution in [0, 0.1) is 5.92 Å². The zero-order valence-electron chi connectivity index (χ0n) is 28.4. The summed E-state index contributed by atoms with van der Waals surface area (Å²) in [5.74, 6) is -3.24. The molecule has 0 N–H and O–H groups in total. The fraction of sp³-hybridized carbons (Fsp3) is 0.543. The van der Waals surface area contributed by atoms with E-state index in [2.05, 4.69) is 0 Å². The van der Waals surface area contributed by atoms with Crippen LogP contribution in [0.3, 0.4) is 0 Å². The van der Waals surface area contributed by atoms with Gasteiger partial charge in [0.2, 0.25) is 6.29 Å². The summed E-state index contributed by atoms with van der Waals surface area (Å²) in [5.41, 5.74) is 1.56. The second-order valence-electron chi connectivity index (χ2n) is 11.7. The zero-order chi connectivity index (χ0) is 35.5. The molecule has 4 rings (SSSR count). The molecule has 0 amide bonds. The number of methoxy groups -OCH3 is 2. The number of benzene rings is 2. The van der Waals surface area contributed by atoms with Crippen molar-refractivity contribution in [3.8, 4) is 0 Å². The molecule has 0 saturated carbocycles. The topological polar surface area (TPSA) is 161 Å². The van der Waals surface area contributed by atoms with Crippen molar-refractivity contribution in [2.75, 3.05) is 20.8 Å². The van der Waals surface area contributed by atoms with E-state index in [9.17, 15) is 19.2 Å². The lowest BCUT2D eigenvalue weighted by molar-refractivity contribution is -0.356. The van der Waals surface area contributed by atoms with Crippen LogP contribution < -0.4 is 0 Å². The first-order chi connectivity index (χ1) is 23.5. The van der Waals surface area contributed by atoms with E-state index < -0.39 is 91.7 Å². The van der Waals surface area contributed by atoms with Crippen LogP contribution in [0.1, 0.15) is 38.8 Å². The summed E-state index contributed by atoms with van der Waals surface area (Å²) in [5, 5.41) is 0. The van der Waals surface area contributed by atoms with Crippen molar-refractivity contribution < 1.29 is 66.5 Å². The maximum Gasteiger partial charge on any atom is 0.336 e. The Morgan fingerprint density at radius 3 is 1.78 bits per heavy atom. The second kappa shape index (κ2) is 18.2. The first-order valence-corrected chi connectivity index (χ1v) is 15.9. The Morgan fingerprint density at radius 1 is 0.633 bits per heavy atom. The lowest BCUT2D eigenvalue weighted by Gasteiger charge is -2.48. The third-order valence-corrected chi connectivity index (χ3v) is 8.07. The number of carbonyl (C=O) groups excluding carboxylic acids is 4. The predicted octanol–water partition coefficient (Wildman–Crippen LogP) is 2.87. The molecule has 0 bridgehead atoms. The van der Waals surface area contributed by atoms with Crippen LogP contribution >= 0.6 is 0 Å². The molecule has 2 aliphatic heterocycles. The SMILES string of the molecule is COC1[C@H](C)C(C(=O)OCc2ccccc2)O[C@@H](O[C@@H]2C(COC(C)=O)O[C@@H](OC(C)=O)C(OCc3ccccc3)C2OC(C)=O)[C@@H]1OC. The van der Waals surface area contributed by atoms with Crippen LogP contribution in [0.15, 0.2) is 60.7 Å². The molecular formula is C35H44O14. The summed E-state index contributed by atoms with van der Waals surface area (Å²) in [4.78, 5) is 50.1. The van der Waals surface area contributed by atoms with Gasteiger partial charge < -0.3 is 47.4 Å². The summed E-state index contributed by atoms with van der Waals surface area (Å²) < 4.78 is 58.8. The minimum atomic E-state index is -1.40. The molecule has 2 aromatic carbocycles. The van der Waals surface area contributed by atoms with Crippen LogP contribution in [0.25, 0.3) is 0 Å². The first kappa shape index (κ1) is 37.9. The molecule has 0 aliphatic carbocycles. The van der Waals surface area contributed by atoms with Crippen molar-refractivity contribution in [3.05, 3.63) is 71.8 Å². The van der Waals surface area contributed by atoms with Gasteiger partial charge in [0, 0.05) is 40.9 Å². The monoisotopic (exact) mass is 688 g/mol.